The average molecular weight is 436 g/mol. The number of aryl methyl sites for hydroxylation is 1. The zero-order valence-electron chi connectivity index (χ0n) is 16.7. The third-order valence-corrected chi connectivity index (χ3v) is 5.71. The standard InChI is InChI=1S/C22H27Cl2N3O2/c1-17-4-2-5-18(14-17)27-12-10-26(11-13-27)9-3-8-25-22(28)16-29-19-6-7-20(23)21(24)15-19/h2,4-7,14-15H,3,8-13,16H2,1H3,(H,25,28). The second kappa shape index (κ2) is 10.7. The lowest BCUT2D eigenvalue weighted by Crippen LogP contribution is -2.47. The average Bonchev–Trinajstić information content (AvgIpc) is 2.72. The van der Waals surface area contributed by atoms with E-state index < -0.39 is 0 Å². The summed E-state index contributed by atoms with van der Waals surface area (Å²) in [5.74, 6) is 0.390. The van der Waals surface area contributed by atoms with E-state index in [0.29, 0.717) is 22.3 Å². The Balaban J connectivity index is 1.29. The van der Waals surface area contributed by atoms with Gasteiger partial charge in [-0.1, -0.05) is 35.3 Å². The van der Waals surface area contributed by atoms with Gasteiger partial charge in [0.15, 0.2) is 6.61 Å². The number of hydrogen-bond donors (Lipinski definition) is 1. The van der Waals surface area contributed by atoms with Gasteiger partial charge >= 0.3 is 0 Å². The fourth-order valence-corrected chi connectivity index (χ4v) is 3.64. The second-order valence-corrected chi connectivity index (χ2v) is 8.05. The molecule has 1 saturated heterocycles. The first-order valence-electron chi connectivity index (χ1n) is 9.90. The molecule has 0 aliphatic carbocycles. The van der Waals surface area contributed by atoms with Crippen molar-refractivity contribution >= 4 is 34.8 Å². The maximum absolute atomic E-state index is 11.9. The molecule has 1 amide bonds. The van der Waals surface area contributed by atoms with Crippen LogP contribution in [-0.2, 0) is 4.79 Å². The number of ether oxygens (including phenoxy) is 1. The van der Waals surface area contributed by atoms with Gasteiger partial charge in [0.05, 0.1) is 10.0 Å². The fourth-order valence-electron chi connectivity index (χ4n) is 3.35. The highest BCUT2D eigenvalue weighted by Gasteiger charge is 2.16. The van der Waals surface area contributed by atoms with Crippen molar-refractivity contribution in [2.75, 3.05) is 50.8 Å². The smallest absolute Gasteiger partial charge is 0.257 e. The lowest BCUT2D eigenvalue weighted by atomic mass is 10.2. The number of carbonyl (C=O) groups is 1. The molecule has 0 atom stereocenters. The van der Waals surface area contributed by atoms with Crippen LogP contribution in [0.25, 0.3) is 0 Å². The van der Waals surface area contributed by atoms with Crippen LogP contribution in [0.15, 0.2) is 42.5 Å². The first kappa shape index (κ1) is 21.8. The monoisotopic (exact) mass is 435 g/mol. The maximum atomic E-state index is 11.9. The predicted molar refractivity (Wildman–Crippen MR) is 119 cm³/mol. The van der Waals surface area contributed by atoms with Crippen LogP contribution in [0.2, 0.25) is 10.0 Å². The van der Waals surface area contributed by atoms with Crippen molar-refractivity contribution in [3.63, 3.8) is 0 Å². The summed E-state index contributed by atoms with van der Waals surface area (Å²) in [6.45, 7) is 7.87. The van der Waals surface area contributed by atoms with E-state index >= 15 is 0 Å². The van der Waals surface area contributed by atoms with Gasteiger partial charge in [0.2, 0.25) is 0 Å². The summed E-state index contributed by atoms with van der Waals surface area (Å²) < 4.78 is 5.44. The maximum Gasteiger partial charge on any atom is 0.257 e. The summed E-state index contributed by atoms with van der Waals surface area (Å²) in [6, 6.07) is 13.6. The van der Waals surface area contributed by atoms with Crippen LogP contribution in [0, 0.1) is 6.92 Å². The van der Waals surface area contributed by atoms with Crippen molar-refractivity contribution in [1.82, 2.24) is 10.2 Å². The van der Waals surface area contributed by atoms with E-state index in [4.69, 9.17) is 27.9 Å². The van der Waals surface area contributed by atoms with Gasteiger partial charge in [0, 0.05) is 44.5 Å². The van der Waals surface area contributed by atoms with Crippen molar-refractivity contribution in [3.05, 3.63) is 58.1 Å². The summed E-state index contributed by atoms with van der Waals surface area (Å²) in [5.41, 5.74) is 2.60. The van der Waals surface area contributed by atoms with Gasteiger partial charge in [0.1, 0.15) is 5.75 Å². The fraction of sp³-hybridized carbons (Fsp3) is 0.409. The molecule has 1 fully saturated rings. The van der Waals surface area contributed by atoms with Crippen LogP contribution >= 0.6 is 23.2 Å². The number of carbonyl (C=O) groups excluding carboxylic acids is 1. The number of hydrogen-bond acceptors (Lipinski definition) is 4. The van der Waals surface area contributed by atoms with E-state index in [1.807, 2.05) is 0 Å². The summed E-state index contributed by atoms with van der Waals surface area (Å²) in [7, 11) is 0. The first-order chi connectivity index (χ1) is 14.0. The van der Waals surface area contributed by atoms with Crippen molar-refractivity contribution < 1.29 is 9.53 Å². The summed E-state index contributed by atoms with van der Waals surface area (Å²) in [5, 5.41) is 3.77. The van der Waals surface area contributed by atoms with Crippen LogP contribution in [0.5, 0.6) is 5.75 Å². The number of anilines is 1. The van der Waals surface area contributed by atoms with Crippen LogP contribution in [-0.4, -0.2) is 56.7 Å². The molecular formula is C22H27Cl2N3O2. The van der Waals surface area contributed by atoms with Gasteiger partial charge in [-0.25, -0.2) is 0 Å². The number of amides is 1. The van der Waals surface area contributed by atoms with Crippen molar-refractivity contribution in [3.8, 4) is 5.75 Å². The SMILES string of the molecule is Cc1cccc(N2CCN(CCCNC(=O)COc3ccc(Cl)c(Cl)c3)CC2)c1. The molecular weight excluding hydrogens is 409 g/mol. The molecule has 1 aliphatic rings. The zero-order valence-corrected chi connectivity index (χ0v) is 18.2. The van der Waals surface area contributed by atoms with E-state index in [1.54, 1.807) is 18.2 Å². The molecule has 0 radical (unpaired) electrons. The van der Waals surface area contributed by atoms with E-state index in [-0.39, 0.29) is 12.5 Å². The topological polar surface area (TPSA) is 44.8 Å². The molecule has 7 heteroatoms. The van der Waals surface area contributed by atoms with Crippen molar-refractivity contribution in [2.45, 2.75) is 13.3 Å². The zero-order chi connectivity index (χ0) is 20.6. The molecule has 156 valence electrons. The first-order valence-corrected chi connectivity index (χ1v) is 10.7. The van der Waals surface area contributed by atoms with Crippen LogP contribution in [0.4, 0.5) is 5.69 Å². The molecule has 5 nitrogen and oxygen atoms in total. The largest absolute Gasteiger partial charge is 0.484 e. The third-order valence-electron chi connectivity index (χ3n) is 4.97. The Morgan fingerprint density at radius 3 is 2.59 bits per heavy atom. The number of rotatable bonds is 8. The van der Waals surface area contributed by atoms with Crippen LogP contribution < -0.4 is 15.0 Å². The minimum Gasteiger partial charge on any atom is -0.484 e. The molecule has 0 saturated carbocycles. The molecule has 1 N–H and O–H groups in total. The predicted octanol–water partition coefficient (Wildman–Crippen LogP) is 4.01. The second-order valence-electron chi connectivity index (χ2n) is 7.24. The Labute approximate surface area is 182 Å². The highest BCUT2D eigenvalue weighted by atomic mass is 35.5. The lowest BCUT2D eigenvalue weighted by Gasteiger charge is -2.36. The Bertz CT molecular complexity index is 823. The molecule has 0 bridgehead atoms. The molecule has 0 unspecified atom stereocenters. The van der Waals surface area contributed by atoms with Crippen LogP contribution in [0.1, 0.15) is 12.0 Å². The molecule has 29 heavy (non-hydrogen) atoms. The molecule has 0 spiro atoms. The number of piperazine rings is 1. The summed E-state index contributed by atoms with van der Waals surface area (Å²) in [6.07, 6.45) is 0.920. The van der Waals surface area contributed by atoms with Gasteiger partial charge in [-0.15, -0.1) is 0 Å². The molecule has 2 aromatic carbocycles. The van der Waals surface area contributed by atoms with Gasteiger partial charge in [-0.3, -0.25) is 9.69 Å². The van der Waals surface area contributed by atoms with Crippen molar-refractivity contribution in [1.29, 1.82) is 0 Å². The van der Waals surface area contributed by atoms with Gasteiger partial charge < -0.3 is 15.0 Å². The number of halogens is 2. The van der Waals surface area contributed by atoms with Gasteiger partial charge in [0.25, 0.3) is 5.91 Å². The summed E-state index contributed by atoms with van der Waals surface area (Å²) >= 11 is 11.8. The minimum absolute atomic E-state index is 0.0346. The Kier molecular flexibility index (Phi) is 8.04. The molecule has 1 heterocycles. The van der Waals surface area contributed by atoms with E-state index in [0.717, 1.165) is 39.1 Å². The third kappa shape index (κ3) is 6.81. The molecule has 0 aromatic heterocycles. The van der Waals surface area contributed by atoms with E-state index in [9.17, 15) is 4.79 Å². The minimum atomic E-state index is -0.139. The molecule has 2 aromatic rings. The molecule has 3 rings (SSSR count). The van der Waals surface area contributed by atoms with Crippen LogP contribution in [0.3, 0.4) is 0 Å². The quantitative estimate of drug-likeness (QED) is 0.636. The Hall–Kier alpha value is -1.95. The van der Waals surface area contributed by atoms with E-state index in [1.165, 1.54) is 11.3 Å². The highest BCUT2D eigenvalue weighted by Crippen LogP contribution is 2.26. The Morgan fingerprint density at radius 1 is 1.07 bits per heavy atom. The molecule has 1 aliphatic heterocycles. The number of nitrogens with one attached hydrogen (secondary N) is 1. The normalized spacial score (nSPS) is 14.7. The van der Waals surface area contributed by atoms with Gasteiger partial charge in [-0.05, 0) is 49.7 Å². The number of benzene rings is 2. The highest BCUT2D eigenvalue weighted by molar-refractivity contribution is 6.42. The van der Waals surface area contributed by atoms with E-state index in [2.05, 4.69) is 46.3 Å². The Morgan fingerprint density at radius 2 is 1.86 bits per heavy atom. The van der Waals surface area contributed by atoms with Gasteiger partial charge in [-0.2, -0.15) is 0 Å². The van der Waals surface area contributed by atoms with Crippen molar-refractivity contribution in [2.24, 2.45) is 0 Å². The lowest BCUT2D eigenvalue weighted by molar-refractivity contribution is -0.123. The summed E-state index contributed by atoms with van der Waals surface area (Å²) in [4.78, 5) is 16.8. The number of nitrogens with zero attached hydrogens (tertiary/aromatic N) is 2.